The Labute approximate surface area is 144 Å². The lowest BCUT2D eigenvalue weighted by molar-refractivity contribution is -0.119. The van der Waals surface area contributed by atoms with Gasteiger partial charge in [0, 0.05) is 10.5 Å². The largest absolute Gasteiger partial charge is 0.452 e. The van der Waals surface area contributed by atoms with Gasteiger partial charge in [-0.25, -0.2) is 14.0 Å². The molecule has 1 heterocycles. The zero-order valence-electron chi connectivity index (χ0n) is 12.8. The van der Waals surface area contributed by atoms with Gasteiger partial charge in [-0.15, -0.1) is 0 Å². The lowest BCUT2D eigenvalue weighted by Crippen LogP contribution is -2.22. The van der Waals surface area contributed by atoms with Crippen LogP contribution in [0.5, 0.6) is 0 Å². The van der Waals surface area contributed by atoms with Gasteiger partial charge in [0.05, 0.1) is 5.69 Å². The van der Waals surface area contributed by atoms with E-state index in [0.29, 0.717) is 10.0 Å². The summed E-state index contributed by atoms with van der Waals surface area (Å²) in [5.41, 5.74) is -0.146. The molecule has 0 radical (unpaired) electrons. The van der Waals surface area contributed by atoms with Gasteiger partial charge in [0.2, 0.25) is 0 Å². The van der Waals surface area contributed by atoms with Crippen LogP contribution in [0.2, 0.25) is 0 Å². The fourth-order valence-corrected chi connectivity index (χ4v) is 2.38. The molecule has 0 aliphatic rings. The number of esters is 1. The van der Waals surface area contributed by atoms with E-state index in [-0.39, 0.29) is 17.0 Å². The summed E-state index contributed by atoms with van der Waals surface area (Å²) in [6.07, 6.45) is 0. The highest BCUT2D eigenvalue weighted by Crippen LogP contribution is 2.19. The maximum atomic E-state index is 13.6. The second-order valence-corrected chi connectivity index (χ2v) is 5.84. The van der Waals surface area contributed by atoms with Crippen molar-refractivity contribution < 1.29 is 23.1 Å². The molecule has 0 saturated carbocycles. The molecule has 2 rings (SSSR count). The first-order valence-electron chi connectivity index (χ1n) is 6.81. The van der Waals surface area contributed by atoms with Crippen molar-refractivity contribution in [3.8, 4) is 0 Å². The molecule has 0 unspecified atom stereocenters. The molecule has 0 spiro atoms. The number of anilines is 1. The molecule has 1 N–H and O–H groups in total. The van der Waals surface area contributed by atoms with Crippen molar-refractivity contribution in [3.05, 3.63) is 61.9 Å². The highest BCUT2D eigenvalue weighted by molar-refractivity contribution is 9.10. The minimum atomic E-state index is -0.805. The minimum Gasteiger partial charge on any atom is -0.452 e. The molecule has 8 heteroatoms. The number of aryl methyl sites for hydroxylation is 2. The maximum absolute atomic E-state index is 13.6. The highest BCUT2D eigenvalue weighted by Gasteiger charge is 2.18. The molecule has 126 valence electrons. The molecule has 1 aromatic heterocycles. The Morgan fingerprint density at radius 2 is 2.00 bits per heavy atom. The Kier molecular flexibility index (Phi) is 5.50. The number of nitrogens with one attached hydrogen (secondary N) is 1. The molecule has 0 bridgehead atoms. The zero-order chi connectivity index (χ0) is 17.9. The summed E-state index contributed by atoms with van der Waals surface area (Å²) in [5, 5.41) is 2.30. The number of carbonyl (C=O) groups is 2. The first-order valence-corrected chi connectivity index (χ1v) is 7.60. The average Bonchev–Trinajstić information content (AvgIpc) is 2.47. The zero-order valence-corrected chi connectivity index (χ0v) is 14.4. The van der Waals surface area contributed by atoms with Crippen LogP contribution in [0.1, 0.15) is 21.7 Å². The maximum Gasteiger partial charge on any atom is 0.342 e. The third-order valence-corrected chi connectivity index (χ3v) is 3.57. The van der Waals surface area contributed by atoms with E-state index in [1.54, 1.807) is 13.0 Å². The number of benzene rings is 1. The van der Waals surface area contributed by atoms with Crippen LogP contribution in [-0.2, 0) is 9.53 Å². The summed E-state index contributed by atoms with van der Waals surface area (Å²) in [6.45, 7) is 2.40. The first-order chi connectivity index (χ1) is 11.3. The van der Waals surface area contributed by atoms with Crippen LogP contribution in [0, 0.1) is 19.7 Å². The summed E-state index contributed by atoms with van der Waals surface area (Å²) in [5.74, 6) is -2.03. The lowest BCUT2D eigenvalue weighted by Gasteiger charge is -2.09. The van der Waals surface area contributed by atoms with E-state index in [1.165, 1.54) is 19.1 Å². The van der Waals surface area contributed by atoms with Crippen molar-refractivity contribution in [2.75, 3.05) is 11.9 Å². The molecule has 0 aliphatic carbocycles. The van der Waals surface area contributed by atoms with Gasteiger partial charge in [-0.3, -0.25) is 4.79 Å². The topological polar surface area (TPSA) is 85.6 Å². The van der Waals surface area contributed by atoms with Gasteiger partial charge in [0.1, 0.15) is 17.1 Å². The van der Waals surface area contributed by atoms with Crippen LogP contribution >= 0.6 is 15.9 Å². The van der Waals surface area contributed by atoms with Crippen LogP contribution in [0.25, 0.3) is 0 Å². The van der Waals surface area contributed by atoms with Crippen molar-refractivity contribution in [1.82, 2.24) is 0 Å². The quantitative estimate of drug-likeness (QED) is 0.801. The van der Waals surface area contributed by atoms with Crippen molar-refractivity contribution >= 4 is 33.5 Å². The number of ether oxygens (including phenoxy) is 1. The van der Waals surface area contributed by atoms with E-state index in [9.17, 15) is 18.8 Å². The SMILES string of the molecule is Cc1cc(=O)oc(C)c1C(=O)OCC(=O)Nc1ccc(Br)cc1F. The Bertz CT molecular complexity index is 836. The number of halogens is 2. The van der Waals surface area contributed by atoms with E-state index >= 15 is 0 Å². The van der Waals surface area contributed by atoms with Crippen molar-refractivity contribution in [2.24, 2.45) is 0 Å². The summed E-state index contributed by atoms with van der Waals surface area (Å²) in [6, 6.07) is 5.28. The molecule has 0 aliphatic heterocycles. The Morgan fingerprint density at radius 3 is 2.62 bits per heavy atom. The van der Waals surface area contributed by atoms with Crippen molar-refractivity contribution in [1.29, 1.82) is 0 Å². The van der Waals surface area contributed by atoms with E-state index in [2.05, 4.69) is 21.2 Å². The fraction of sp³-hybridized carbons (Fsp3) is 0.188. The standard InChI is InChI=1S/C16H13BrFNO5/c1-8-5-14(21)24-9(2)15(8)16(22)23-7-13(20)19-12-4-3-10(17)6-11(12)18/h3-6H,7H2,1-2H3,(H,19,20). The number of rotatable bonds is 4. The van der Waals surface area contributed by atoms with Crippen molar-refractivity contribution in [3.63, 3.8) is 0 Å². The van der Waals surface area contributed by atoms with E-state index in [4.69, 9.17) is 9.15 Å². The van der Waals surface area contributed by atoms with Gasteiger partial charge >= 0.3 is 11.6 Å². The van der Waals surface area contributed by atoms with Gasteiger partial charge in [-0.05, 0) is 37.6 Å². The molecule has 24 heavy (non-hydrogen) atoms. The minimum absolute atomic E-state index is 0.0303. The number of amides is 1. The second-order valence-electron chi connectivity index (χ2n) is 4.93. The number of hydrogen-bond donors (Lipinski definition) is 1. The summed E-state index contributed by atoms with van der Waals surface area (Å²) in [7, 11) is 0. The predicted molar refractivity (Wildman–Crippen MR) is 87.5 cm³/mol. The van der Waals surface area contributed by atoms with Gasteiger partial charge in [0.15, 0.2) is 6.61 Å². The van der Waals surface area contributed by atoms with Gasteiger partial charge in [0.25, 0.3) is 5.91 Å². The van der Waals surface area contributed by atoms with E-state index in [0.717, 1.165) is 6.07 Å². The first kappa shape index (κ1) is 17.9. The lowest BCUT2D eigenvalue weighted by atomic mass is 10.1. The molecule has 1 amide bonds. The van der Waals surface area contributed by atoms with Gasteiger partial charge in [-0.2, -0.15) is 0 Å². The fourth-order valence-electron chi connectivity index (χ4n) is 2.04. The molecule has 0 fully saturated rings. The molecule has 0 saturated heterocycles. The summed E-state index contributed by atoms with van der Waals surface area (Å²) in [4.78, 5) is 35.0. The van der Waals surface area contributed by atoms with Gasteiger partial charge in [-0.1, -0.05) is 15.9 Å². The Balaban J connectivity index is 2.01. The van der Waals surface area contributed by atoms with Crippen LogP contribution in [-0.4, -0.2) is 18.5 Å². The molecule has 2 aromatic rings. The summed E-state index contributed by atoms with van der Waals surface area (Å²) >= 11 is 3.10. The normalized spacial score (nSPS) is 10.3. The van der Waals surface area contributed by atoms with Crippen LogP contribution in [0.3, 0.4) is 0 Å². The molecule has 6 nitrogen and oxygen atoms in total. The van der Waals surface area contributed by atoms with E-state index < -0.39 is 29.9 Å². The molecular weight excluding hydrogens is 385 g/mol. The van der Waals surface area contributed by atoms with Crippen LogP contribution < -0.4 is 10.9 Å². The molecular formula is C16H13BrFNO5. The molecule has 0 atom stereocenters. The second kappa shape index (κ2) is 7.39. The Morgan fingerprint density at radius 1 is 1.29 bits per heavy atom. The number of hydrogen-bond acceptors (Lipinski definition) is 5. The van der Waals surface area contributed by atoms with Gasteiger partial charge < -0.3 is 14.5 Å². The summed E-state index contributed by atoms with van der Waals surface area (Å²) < 4.78 is 23.9. The van der Waals surface area contributed by atoms with Crippen LogP contribution in [0.4, 0.5) is 10.1 Å². The smallest absolute Gasteiger partial charge is 0.342 e. The Hall–Kier alpha value is -2.48. The van der Waals surface area contributed by atoms with Crippen molar-refractivity contribution in [2.45, 2.75) is 13.8 Å². The average molecular weight is 398 g/mol. The third kappa shape index (κ3) is 4.29. The highest BCUT2D eigenvalue weighted by atomic mass is 79.9. The third-order valence-electron chi connectivity index (χ3n) is 3.08. The molecule has 1 aromatic carbocycles. The number of carbonyl (C=O) groups excluding carboxylic acids is 2. The van der Waals surface area contributed by atoms with Crippen LogP contribution in [0.15, 0.2) is 37.9 Å². The van der Waals surface area contributed by atoms with E-state index in [1.807, 2.05) is 0 Å². The predicted octanol–water partition coefficient (Wildman–Crippen LogP) is 2.95. The monoisotopic (exact) mass is 397 g/mol.